The van der Waals surface area contributed by atoms with Gasteiger partial charge in [-0.05, 0) is 53.7 Å². The summed E-state index contributed by atoms with van der Waals surface area (Å²) in [5, 5.41) is 18.5. The van der Waals surface area contributed by atoms with Gasteiger partial charge < -0.3 is 34.0 Å². The molecule has 1 aliphatic rings. The average molecular weight is 525 g/mol. The maximum atomic E-state index is 12.6. The monoisotopic (exact) mass is 524 g/mol. The van der Waals surface area contributed by atoms with E-state index in [4.69, 9.17) is 23.8 Å². The number of rotatable bonds is 8. The highest BCUT2D eigenvalue weighted by atomic mass is 16.6. The standard InChI is InChI=1S/C24H36N4O9/c1-23(2,3)36-21(29)25-11-16-12-27(22(30)37-24(4,5)6)13-17(16)26-35-14-15-9-10-18(33-7)20(34-8)19(15)28(31)32/h9-10,16H,11-14H2,1-8H3,(H,25,29)/b26-17+. The smallest absolute Gasteiger partial charge is 0.410 e. The van der Waals surface area contributed by atoms with Crippen molar-refractivity contribution < 1.29 is 38.3 Å². The Balaban J connectivity index is 2.21. The van der Waals surface area contributed by atoms with Crippen molar-refractivity contribution in [2.75, 3.05) is 33.9 Å². The van der Waals surface area contributed by atoms with Crippen LogP contribution in [0.4, 0.5) is 15.3 Å². The van der Waals surface area contributed by atoms with Crippen molar-refractivity contribution in [3.05, 3.63) is 27.8 Å². The molecule has 2 amide bonds. The van der Waals surface area contributed by atoms with Gasteiger partial charge in [0, 0.05) is 19.0 Å². The first-order chi connectivity index (χ1) is 17.1. The molecule has 1 aromatic rings. The number of nitrogens with one attached hydrogen (secondary N) is 1. The van der Waals surface area contributed by atoms with Gasteiger partial charge in [0.2, 0.25) is 5.75 Å². The number of hydrogen-bond donors (Lipinski definition) is 1. The van der Waals surface area contributed by atoms with E-state index < -0.39 is 28.3 Å². The van der Waals surface area contributed by atoms with Gasteiger partial charge >= 0.3 is 17.9 Å². The molecule has 1 aliphatic heterocycles. The summed E-state index contributed by atoms with van der Waals surface area (Å²) in [6.45, 7) is 10.8. The number of ether oxygens (including phenoxy) is 4. The number of alkyl carbamates (subject to hydrolysis) is 1. The summed E-state index contributed by atoms with van der Waals surface area (Å²) in [7, 11) is 2.69. The lowest BCUT2D eigenvalue weighted by Gasteiger charge is -2.24. The molecule has 0 radical (unpaired) electrons. The van der Waals surface area contributed by atoms with Crippen LogP contribution in [0.3, 0.4) is 0 Å². The normalized spacial score (nSPS) is 16.8. The number of methoxy groups -OCH3 is 2. The molecule has 0 aliphatic carbocycles. The van der Waals surface area contributed by atoms with Crippen LogP contribution in [0.1, 0.15) is 47.1 Å². The summed E-state index contributed by atoms with van der Waals surface area (Å²) in [6.07, 6.45) is -1.14. The first kappa shape index (κ1) is 29.5. The molecule has 37 heavy (non-hydrogen) atoms. The molecular weight excluding hydrogens is 488 g/mol. The fraction of sp³-hybridized carbons (Fsp3) is 0.625. The molecule has 13 heteroatoms. The van der Waals surface area contributed by atoms with E-state index in [1.165, 1.54) is 31.3 Å². The number of oxime groups is 1. The van der Waals surface area contributed by atoms with E-state index in [0.29, 0.717) is 5.71 Å². The predicted molar refractivity (Wildman–Crippen MR) is 134 cm³/mol. The fourth-order valence-corrected chi connectivity index (χ4v) is 3.49. The van der Waals surface area contributed by atoms with Gasteiger partial charge in [0.1, 0.15) is 17.8 Å². The van der Waals surface area contributed by atoms with Crippen molar-refractivity contribution in [3.8, 4) is 11.5 Å². The third-order valence-electron chi connectivity index (χ3n) is 5.00. The van der Waals surface area contributed by atoms with Crippen LogP contribution in [-0.2, 0) is 20.9 Å². The maximum Gasteiger partial charge on any atom is 0.410 e. The Kier molecular flexibility index (Phi) is 9.54. The van der Waals surface area contributed by atoms with Crippen LogP contribution in [0, 0.1) is 16.0 Å². The van der Waals surface area contributed by atoms with Crippen molar-refractivity contribution in [3.63, 3.8) is 0 Å². The molecule has 0 spiro atoms. The number of benzene rings is 1. The van der Waals surface area contributed by atoms with Crippen molar-refractivity contribution in [2.24, 2.45) is 11.1 Å². The van der Waals surface area contributed by atoms with Gasteiger partial charge in [-0.25, -0.2) is 9.59 Å². The number of nitro groups is 1. The number of carbonyl (C=O) groups is 2. The zero-order valence-corrected chi connectivity index (χ0v) is 22.6. The highest BCUT2D eigenvalue weighted by Gasteiger charge is 2.35. The minimum absolute atomic E-state index is 0.0299. The summed E-state index contributed by atoms with van der Waals surface area (Å²) in [4.78, 5) is 42.8. The maximum absolute atomic E-state index is 12.6. The highest BCUT2D eigenvalue weighted by molar-refractivity contribution is 5.94. The fourth-order valence-electron chi connectivity index (χ4n) is 3.49. The zero-order chi connectivity index (χ0) is 28.0. The lowest BCUT2D eigenvalue weighted by molar-refractivity contribution is -0.386. The Morgan fingerprint density at radius 2 is 1.76 bits per heavy atom. The third kappa shape index (κ3) is 8.69. The minimum atomic E-state index is -0.690. The second-order valence-electron chi connectivity index (χ2n) is 10.4. The van der Waals surface area contributed by atoms with E-state index in [2.05, 4.69) is 10.5 Å². The van der Waals surface area contributed by atoms with E-state index in [1.807, 2.05) is 0 Å². The van der Waals surface area contributed by atoms with E-state index in [-0.39, 0.29) is 54.9 Å². The molecule has 1 saturated heterocycles. The molecule has 1 unspecified atom stereocenters. The second-order valence-corrected chi connectivity index (χ2v) is 10.4. The Hall–Kier alpha value is -3.77. The van der Waals surface area contributed by atoms with Gasteiger partial charge in [-0.3, -0.25) is 10.1 Å². The largest absolute Gasteiger partial charge is 0.493 e. The van der Waals surface area contributed by atoms with Crippen LogP contribution in [0.2, 0.25) is 0 Å². The highest BCUT2D eigenvalue weighted by Crippen LogP contribution is 2.39. The van der Waals surface area contributed by atoms with E-state index in [9.17, 15) is 19.7 Å². The first-order valence-electron chi connectivity index (χ1n) is 11.7. The average Bonchev–Trinajstić information content (AvgIpc) is 3.18. The molecule has 2 rings (SSSR count). The second kappa shape index (κ2) is 12.0. The number of hydrogen-bond acceptors (Lipinski definition) is 10. The summed E-state index contributed by atoms with van der Waals surface area (Å²) in [6, 6.07) is 3.02. The molecule has 0 bridgehead atoms. The molecule has 1 N–H and O–H groups in total. The lowest BCUT2D eigenvalue weighted by Crippen LogP contribution is -2.38. The number of amides is 2. The molecule has 1 heterocycles. The number of nitrogens with zero attached hydrogens (tertiary/aromatic N) is 3. The van der Waals surface area contributed by atoms with Gasteiger partial charge in [-0.2, -0.15) is 0 Å². The molecule has 0 saturated carbocycles. The summed E-state index contributed by atoms with van der Waals surface area (Å²) >= 11 is 0. The van der Waals surface area contributed by atoms with Crippen LogP contribution in [0.15, 0.2) is 17.3 Å². The van der Waals surface area contributed by atoms with Crippen molar-refractivity contribution in [1.29, 1.82) is 0 Å². The van der Waals surface area contributed by atoms with E-state index >= 15 is 0 Å². The molecule has 13 nitrogen and oxygen atoms in total. The van der Waals surface area contributed by atoms with Gasteiger partial charge in [-0.1, -0.05) is 5.16 Å². The zero-order valence-electron chi connectivity index (χ0n) is 22.6. The van der Waals surface area contributed by atoms with Gasteiger partial charge in [-0.15, -0.1) is 0 Å². The van der Waals surface area contributed by atoms with Crippen LogP contribution in [0.5, 0.6) is 11.5 Å². The van der Waals surface area contributed by atoms with E-state index in [0.717, 1.165) is 0 Å². The molecule has 1 aromatic carbocycles. The minimum Gasteiger partial charge on any atom is -0.493 e. The van der Waals surface area contributed by atoms with Crippen molar-refractivity contribution in [2.45, 2.75) is 59.4 Å². The Morgan fingerprint density at radius 3 is 2.30 bits per heavy atom. The quantitative estimate of drug-likeness (QED) is 0.394. The lowest BCUT2D eigenvalue weighted by atomic mass is 10.1. The van der Waals surface area contributed by atoms with Crippen LogP contribution in [0.25, 0.3) is 0 Å². The van der Waals surface area contributed by atoms with Crippen molar-refractivity contribution >= 4 is 23.6 Å². The first-order valence-corrected chi connectivity index (χ1v) is 11.7. The predicted octanol–water partition coefficient (Wildman–Crippen LogP) is 3.88. The molecular formula is C24H36N4O9. The number of likely N-dealkylation sites (tertiary alicyclic amines) is 1. The Morgan fingerprint density at radius 1 is 1.11 bits per heavy atom. The van der Waals surface area contributed by atoms with Crippen LogP contribution < -0.4 is 14.8 Å². The van der Waals surface area contributed by atoms with E-state index in [1.54, 1.807) is 41.5 Å². The summed E-state index contributed by atoms with van der Waals surface area (Å²) in [5.41, 5.74) is -0.977. The Labute approximate surface area is 216 Å². The summed E-state index contributed by atoms with van der Waals surface area (Å²) < 4.78 is 21.0. The SMILES string of the molecule is COc1ccc(CO/N=C2\CN(C(=O)OC(C)(C)C)CC2CNC(=O)OC(C)(C)C)c([N+](=O)[O-])c1OC. The number of carbonyl (C=O) groups excluding carboxylic acids is 2. The topological polar surface area (TPSA) is 151 Å². The molecule has 0 aromatic heterocycles. The number of nitro benzene ring substituents is 1. The molecule has 1 fully saturated rings. The Bertz CT molecular complexity index is 1030. The third-order valence-corrected chi connectivity index (χ3v) is 5.00. The van der Waals surface area contributed by atoms with Crippen LogP contribution in [-0.4, -0.2) is 72.8 Å². The molecule has 1 atom stereocenters. The van der Waals surface area contributed by atoms with Crippen molar-refractivity contribution in [1.82, 2.24) is 10.2 Å². The molecule has 206 valence electrons. The van der Waals surface area contributed by atoms with Gasteiger partial charge in [0.25, 0.3) is 0 Å². The summed E-state index contributed by atoms with van der Waals surface area (Å²) in [5.74, 6) is -0.209. The van der Waals surface area contributed by atoms with Gasteiger partial charge in [0.05, 0.1) is 37.0 Å². The van der Waals surface area contributed by atoms with Gasteiger partial charge in [0.15, 0.2) is 5.75 Å². The van der Waals surface area contributed by atoms with Crippen LogP contribution >= 0.6 is 0 Å².